The number of nitrogens with one attached hydrogen (secondary N) is 4. The Labute approximate surface area is 167 Å². The summed E-state index contributed by atoms with van der Waals surface area (Å²) in [5.41, 5.74) is 1.65. The van der Waals surface area contributed by atoms with Gasteiger partial charge in [0, 0.05) is 24.3 Å². The van der Waals surface area contributed by atoms with Crippen LogP contribution >= 0.6 is 0 Å². The second-order valence-electron chi connectivity index (χ2n) is 6.05. The van der Waals surface area contributed by atoms with Crippen molar-refractivity contribution in [2.24, 2.45) is 0 Å². The molecule has 0 unspecified atom stereocenters. The first-order chi connectivity index (χ1) is 13.9. The van der Waals surface area contributed by atoms with Crippen LogP contribution in [-0.2, 0) is 16.1 Å². The second kappa shape index (κ2) is 11.1. The van der Waals surface area contributed by atoms with Crippen molar-refractivity contribution >= 4 is 29.5 Å². The smallest absolute Gasteiger partial charge is 0.319 e. The summed E-state index contributed by atoms with van der Waals surface area (Å²) in [6.45, 7) is 0.0685. The molecule has 0 bridgehead atoms. The molecule has 0 aliphatic carbocycles. The summed E-state index contributed by atoms with van der Waals surface area (Å²) in [5, 5.41) is 18.7. The highest BCUT2D eigenvalue weighted by molar-refractivity contribution is 5.98. The summed E-state index contributed by atoms with van der Waals surface area (Å²) >= 11 is 0. The molecule has 9 heteroatoms. The maximum absolute atomic E-state index is 12.2. The van der Waals surface area contributed by atoms with Crippen LogP contribution in [0.3, 0.4) is 0 Å². The average molecular weight is 398 g/mol. The highest BCUT2D eigenvalue weighted by Crippen LogP contribution is 2.10. The van der Waals surface area contributed by atoms with E-state index in [0.29, 0.717) is 12.2 Å². The number of carbonyl (C=O) groups is 4. The van der Waals surface area contributed by atoms with Crippen LogP contribution in [-0.4, -0.2) is 42.0 Å². The molecule has 0 aliphatic rings. The van der Waals surface area contributed by atoms with E-state index < -0.39 is 23.8 Å². The van der Waals surface area contributed by atoms with Gasteiger partial charge in [-0.1, -0.05) is 36.4 Å². The lowest BCUT2D eigenvalue weighted by Gasteiger charge is -2.10. The molecule has 2 rings (SSSR count). The summed E-state index contributed by atoms with van der Waals surface area (Å²) < 4.78 is 0. The van der Waals surface area contributed by atoms with Crippen LogP contribution in [0, 0.1) is 0 Å². The molecule has 0 atom stereocenters. The van der Waals surface area contributed by atoms with Gasteiger partial charge in [0.05, 0.1) is 13.0 Å². The summed E-state index contributed by atoms with van der Waals surface area (Å²) in [6, 6.07) is 15.3. The van der Waals surface area contributed by atoms with Crippen molar-refractivity contribution < 1.29 is 24.3 Å². The molecule has 29 heavy (non-hydrogen) atoms. The molecular weight excluding hydrogens is 376 g/mol. The summed E-state index contributed by atoms with van der Waals surface area (Å²) in [6.07, 6.45) is -0.195. The number of carbonyl (C=O) groups excluding carboxylic acids is 3. The Morgan fingerprint density at radius 3 is 2.34 bits per heavy atom. The third kappa shape index (κ3) is 8.12. The predicted molar refractivity (Wildman–Crippen MR) is 106 cm³/mol. The van der Waals surface area contributed by atoms with Crippen LogP contribution in [0.4, 0.5) is 10.5 Å². The molecule has 0 aromatic heterocycles. The number of rotatable bonds is 9. The lowest BCUT2D eigenvalue weighted by molar-refractivity contribution is -0.136. The number of hydrogen-bond donors (Lipinski definition) is 5. The standard InChI is InChI=1S/C20H22N4O5/c25-17(21-10-9-18(26)27)13-22-19(28)15-7-4-8-16(11-15)24-20(29)23-12-14-5-2-1-3-6-14/h1-8,11H,9-10,12-13H2,(H,21,25)(H,22,28)(H,26,27)(H2,23,24,29). The minimum atomic E-state index is -1.02. The van der Waals surface area contributed by atoms with E-state index in [1.807, 2.05) is 30.3 Å². The van der Waals surface area contributed by atoms with Gasteiger partial charge in [0.25, 0.3) is 5.91 Å². The van der Waals surface area contributed by atoms with Gasteiger partial charge in [0.1, 0.15) is 0 Å². The minimum absolute atomic E-state index is 0.0124. The average Bonchev–Trinajstić information content (AvgIpc) is 2.71. The third-order valence-electron chi connectivity index (χ3n) is 3.75. The zero-order valence-electron chi connectivity index (χ0n) is 15.6. The molecular formula is C20H22N4O5. The fraction of sp³-hybridized carbons (Fsp3) is 0.200. The maximum Gasteiger partial charge on any atom is 0.319 e. The van der Waals surface area contributed by atoms with E-state index in [1.54, 1.807) is 18.2 Å². The van der Waals surface area contributed by atoms with Gasteiger partial charge in [-0.15, -0.1) is 0 Å². The quantitative estimate of drug-likeness (QED) is 0.434. The van der Waals surface area contributed by atoms with E-state index in [2.05, 4.69) is 21.3 Å². The van der Waals surface area contributed by atoms with Crippen molar-refractivity contribution in [2.75, 3.05) is 18.4 Å². The number of benzene rings is 2. The maximum atomic E-state index is 12.2. The van der Waals surface area contributed by atoms with Crippen molar-refractivity contribution in [3.8, 4) is 0 Å². The van der Waals surface area contributed by atoms with Crippen LogP contribution in [0.5, 0.6) is 0 Å². The monoisotopic (exact) mass is 398 g/mol. The van der Waals surface area contributed by atoms with Crippen molar-refractivity contribution in [1.82, 2.24) is 16.0 Å². The minimum Gasteiger partial charge on any atom is -0.481 e. The van der Waals surface area contributed by atoms with Gasteiger partial charge in [-0.05, 0) is 23.8 Å². The Hall–Kier alpha value is -3.88. The van der Waals surface area contributed by atoms with Crippen LogP contribution in [0.25, 0.3) is 0 Å². The third-order valence-corrected chi connectivity index (χ3v) is 3.75. The van der Waals surface area contributed by atoms with Crippen molar-refractivity contribution in [3.63, 3.8) is 0 Å². The molecule has 0 radical (unpaired) electrons. The first kappa shape index (κ1) is 21.4. The van der Waals surface area contributed by atoms with E-state index in [4.69, 9.17) is 5.11 Å². The van der Waals surface area contributed by atoms with Crippen molar-refractivity contribution in [2.45, 2.75) is 13.0 Å². The number of aliphatic carboxylic acids is 1. The molecule has 2 aromatic carbocycles. The molecule has 0 fully saturated rings. The Morgan fingerprint density at radius 2 is 1.62 bits per heavy atom. The van der Waals surface area contributed by atoms with E-state index in [0.717, 1.165) is 5.56 Å². The van der Waals surface area contributed by atoms with E-state index >= 15 is 0 Å². The van der Waals surface area contributed by atoms with Gasteiger partial charge in [-0.2, -0.15) is 0 Å². The molecule has 152 valence electrons. The van der Waals surface area contributed by atoms with E-state index in [-0.39, 0.29) is 25.1 Å². The normalized spacial score (nSPS) is 9.93. The number of anilines is 1. The van der Waals surface area contributed by atoms with Crippen LogP contribution in [0.2, 0.25) is 0 Å². The number of urea groups is 1. The lowest BCUT2D eigenvalue weighted by atomic mass is 10.2. The number of carboxylic acids is 1. The SMILES string of the molecule is O=C(O)CCNC(=O)CNC(=O)c1cccc(NC(=O)NCc2ccccc2)c1. The zero-order valence-corrected chi connectivity index (χ0v) is 15.6. The van der Waals surface area contributed by atoms with Gasteiger partial charge in [-0.3, -0.25) is 14.4 Å². The lowest BCUT2D eigenvalue weighted by Crippen LogP contribution is -2.37. The molecule has 9 nitrogen and oxygen atoms in total. The predicted octanol–water partition coefficient (Wildman–Crippen LogP) is 1.33. The largest absolute Gasteiger partial charge is 0.481 e. The summed E-state index contributed by atoms with van der Waals surface area (Å²) in [4.78, 5) is 46.2. The second-order valence-corrected chi connectivity index (χ2v) is 6.05. The fourth-order valence-corrected chi connectivity index (χ4v) is 2.33. The van der Waals surface area contributed by atoms with Gasteiger partial charge >= 0.3 is 12.0 Å². The van der Waals surface area contributed by atoms with Crippen LogP contribution in [0.15, 0.2) is 54.6 Å². The van der Waals surface area contributed by atoms with Gasteiger partial charge in [0.15, 0.2) is 0 Å². The van der Waals surface area contributed by atoms with Crippen LogP contribution < -0.4 is 21.3 Å². The Kier molecular flexibility index (Phi) is 8.18. The van der Waals surface area contributed by atoms with Crippen molar-refractivity contribution in [1.29, 1.82) is 0 Å². The summed E-state index contributed by atoms with van der Waals surface area (Å²) in [7, 11) is 0. The van der Waals surface area contributed by atoms with E-state index in [1.165, 1.54) is 6.07 Å². The molecule has 0 aliphatic heterocycles. The van der Waals surface area contributed by atoms with Gasteiger partial charge in [-0.25, -0.2) is 4.79 Å². The molecule has 5 N–H and O–H groups in total. The van der Waals surface area contributed by atoms with Crippen molar-refractivity contribution in [3.05, 3.63) is 65.7 Å². The van der Waals surface area contributed by atoms with Crippen LogP contribution in [0.1, 0.15) is 22.3 Å². The molecule has 0 spiro atoms. The molecule has 0 saturated carbocycles. The highest BCUT2D eigenvalue weighted by Gasteiger charge is 2.10. The molecule has 2 aromatic rings. The molecule has 0 heterocycles. The zero-order chi connectivity index (χ0) is 21.1. The van der Waals surface area contributed by atoms with E-state index in [9.17, 15) is 19.2 Å². The molecule has 4 amide bonds. The van der Waals surface area contributed by atoms with Gasteiger partial charge in [0.2, 0.25) is 5.91 Å². The first-order valence-electron chi connectivity index (χ1n) is 8.89. The topological polar surface area (TPSA) is 137 Å². The first-order valence-corrected chi connectivity index (χ1v) is 8.89. The Morgan fingerprint density at radius 1 is 0.862 bits per heavy atom. The molecule has 0 saturated heterocycles. The fourth-order valence-electron chi connectivity index (χ4n) is 2.33. The number of carboxylic acid groups (broad SMARTS) is 1. The Balaban J connectivity index is 1.80. The Bertz CT molecular complexity index is 870. The highest BCUT2D eigenvalue weighted by atomic mass is 16.4. The van der Waals surface area contributed by atoms with Gasteiger partial charge < -0.3 is 26.4 Å². The summed E-state index contributed by atoms with van der Waals surface area (Å²) in [5.74, 6) is -2.01. The number of hydrogen-bond acceptors (Lipinski definition) is 4. The number of amides is 4.